The van der Waals surface area contributed by atoms with Crippen LogP contribution in [-0.4, -0.2) is 5.97 Å². The number of allylic oxidation sites excluding steroid dienone is 2. The second kappa shape index (κ2) is 5.88. The number of carbonyl (C=O) groups is 1. The monoisotopic (exact) mass is 135 g/mol. The Morgan fingerprint density at radius 1 is 1.67 bits per heavy atom. The van der Waals surface area contributed by atoms with Gasteiger partial charge in [-0.25, -0.2) is 0 Å². The Morgan fingerprint density at radius 2 is 2.11 bits per heavy atom. The van der Waals surface area contributed by atoms with E-state index in [1.807, 2.05) is 0 Å². The molecule has 0 aliphatic rings. The zero-order chi connectivity index (χ0) is 6.57. The molecule has 0 fully saturated rings. The molecule has 0 spiro atoms. The Morgan fingerprint density at radius 3 is 2.22 bits per heavy atom. The van der Waals surface area contributed by atoms with E-state index in [1.165, 1.54) is 6.08 Å². The van der Waals surface area contributed by atoms with Gasteiger partial charge in [-0.3, -0.25) is 0 Å². The summed E-state index contributed by atoms with van der Waals surface area (Å²) in [4.78, 5) is 9.74. The van der Waals surface area contributed by atoms with Gasteiger partial charge in [-0.05, 0) is 6.08 Å². The number of carboxylic acid groups (broad SMARTS) is 1. The molecule has 0 aromatic rings. The standard InChI is InChI=1S/C5H7NO2.Na/c1-2-3-4(6)5(7)8;/h2-3H,1,6H2,(H,7,8);/q;+1/p-1. The van der Waals surface area contributed by atoms with Crippen LogP contribution >= 0.6 is 0 Å². The van der Waals surface area contributed by atoms with Crippen molar-refractivity contribution in [2.24, 2.45) is 5.73 Å². The van der Waals surface area contributed by atoms with Crippen LogP contribution in [-0.2, 0) is 4.79 Å². The third kappa shape index (κ3) is 5.62. The maximum absolute atomic E-state index is 9.74. The first-order valence-corrected chi connectivity index (χ1v) is 1.98. The summed E-state index contributed by atoms with van der Waals surface area (Å²) in [5.74, 6) is -1.37. The van der Waals surface area contributed by atoms with E-state index < -0.39 is 5.97 Å². The van der Waals surface area contributed by atoms with Crippen molar-refractivity contribution in [1.29, 1.82) is 0 Å². The minimum Gasteiger partial charge on any atom is -0.543 e. The van der Waals surface area contributed by atoms with Crippen molar-refractivity contribution in [3.8, 4) is 0 Å². The van der Waals surface area contributed by atoms with E-state index in [9.17, 15) is 9.90 Å². The van der Waals surface area contributed by atoms with Crippen molar-refractivity contribution in [3.63, 3.8) is 0 Å². The van der Waals surface area contributed by atoms with Gasteiger partial charge in [0.05, 0.1) is 11.7 Å². The number of aliphatic carboxylic acids is 1. The molecule has 0 bridgehead atoms. The van der Waals surface area contributed by atoms with Gasteiger partial charge < -0.3 is 15.6 Å². The number of hydrogen-bond donors (Lipinski definition) is 1. The number of nitrogens with two attached hydrogens (primary N) is 1. The zero-order valence-electron chi connectivity index (χ0n) is 5.26. The normalized spacial score (nSPS) is 9.56. The molecule has 0 atom stereocenters. The van der Waals surface area contributed by atoms with Gasteiger partial charge in [0.25, 0.3) is 0 Å². The SMILES string of the molecule is C=CC=C(N)C(=O)[O-].[Na+]. The predicted molar refractivity (Wildman–Crippen MR) is 27.5 cm³/mol. The van der Waals surface area contributed by atoms with Crippen LogP contribution in [0, 0.1) is 0 Å². The summed E-state index contributed by atoms with van der Waals surface area (Å²) in [6.45, 7) is 3.24. The van der Waals surface area contributed by atoms with E-state index in [-0.39, 0.29) is 35.3 Å². The Kier molecular flexibility index (Phi) is 7.53. The van der Waals surface area contributed by atoms with Crippen LogP contribution in [0.25, 0.3) is 0 Å². The first kappa shape index (κ1) is 11.5. The summed E-state index contributed by atoms with van der Waals surface area (Å²) >= 11 is 0. The Hall–Kier alpha value is -0.250. The molecule has 0 heterocycles. The molecule has 0 radical (unpaired) electrons. The van der Waals surface area contributed by atoms with Crippen LogP contribution in [0.4, 0.5) is 0 Å². The van der Waals surface area contributed by atoms with Crippen LogP contribution in [0.15, 0.2) is 24.4 Å². The quantitative estimate of drug-likeness (QED) is 0.237. The van der Waals surface area contributed by atoms with Crippen LogP contribution < -0.4 is 40.4 Å². The van der Waals surface area contributed by atoms with Gasteiger partial charge in [-0.15, -0.1) is 0 Å². The second-order valence-corrected chi connectivity index (χ2v) is 1.15. The second-order valence-electron chi connectivity index (χ2n) is 1.15. The third-order valence-electron chi connectivity index (χ3n) is 0.533. The molecule has 4 heteroatoms. The topological polar surface area (TPSA) is 66.2 Å². The largest absolute Gasteiger partial charge is 1.00 e. The Balaban J connectivity index is 0. The molecule has 0 aliphatic heterocycles. The van der Waals surface area contributed by atoms with Gasteiger partial charge in [0, 0.05) is 0 Å². The van der Waals surface area contributed by atoms with Crippen molar-refractivity contribution in [3.05, 3.63) is 24.4 Å². The van der Waals surface area contributed by atoms with Gasteiger partial charge in [-0.1, -0.05) is 12.7 Å². The fourth-order valence-corrected chi connectivity index (χ4v) is 0.195. The molecule has 0 saturated heterocycles. The first-order chi connectivity index (χ1) is 3.68. The summed E-state index contributed by atoms with van der Waals surface area (Å²) in [7, 11) is 0. The Bertz CT molecular complexity index is 142. The molecule has 0 aromatic carbocycles. The van der Waals surface area contributed by atoms with Gasteiger partial charge in [0.1, 0.15) is 0 Å². The molecule has 9 heavy (non-hydrogen) atoms. The minimum absolute atomic E-state index is 0. The van der Waals surface area contributed by atoms with Crippen molar-refractivity contribution < 1.29 is 39.5 Å². The third-order valence-corrected chi connectivity index (χ3v) is 0.533. The molecule has 0 saturated carbocycles. The molecule has 0 aliphatic carbocycles. The minimum atomic E-state index is -1.37. The predicted octanol–water partition coefficient (Wildman–Crippen LogP) is -4.23. The van der Waals surface area contributed by atoms with Gasteiger partial charge >= 0.3 is 29.6 Å². The first-order valence-electron chi connectivity index (χ1n) is 1.98. The molecule has 0 amide bonds. The summed E-state index contributed by atoms with van der Waals surface area (Å²) in [5.41, 5.74) is 4.55. The molecule has 0 rings (SSSR count). The summed E-state index contributed by atoms with van der Waals surface area (Å²) < 4.78 is 0. The molecular formula is C5H6NNaO2. The van der Waals surface area contributed by atoms with Crippen LogP contribution in [0.2, 0.25) is 0 Å². The summed E-state index contributed by atoms with van der Waals surface area (Å²) in [5, 5.41) is 9.74. The van der Waals surface area contributed by atoms with Crippen molar-refractivity contribution in [1.82, 2.24) is 0 Å². The summed E-state index contributed by atoms with van der Waals surface area (Å²) in [6, 6.07) is 0. The number of carbonyl (C=O) groups excluding carboxylic acids is 1. The van der Waals surface area contributed by atoms with E-state index in [1.54, 1.807) is 0 Å². The molecule has 0 aromatic heterocycles. The average Bonchev–Trinajstić information content (AvgIpc) is 1.67. The number of hydrogen-bond acceptors (Lipinski definition) is 3. The van der Waals surface area contributed by atoms with Crippen molar-refractivity contribution in [2.75, 3.05) is 0 Å². The van der Waals surface area contributed by atoms with Crippen LogP contribution in [0.3, 0.4) is 0 Å². The fourth-order valence-electron chi connectivity index (χ4n) is 0.195. The zero-order valence-corrected chi connectivity index (χ0v) is 7.26. The van der Waals surface area contributed by atoms with E-state index in [2.05, 4.69) is 6.58 Å². The van der Waals surface area contributed by atoms with Gasteiger partial charge in [0.2, 0.25) is 0 Å². The summed E-state index contributed by atoms with van der Waals surface area (Å²) in [6.07, 6.45) is 2.44. The van der Waals surface area contributed by atoms with Crippen LogP contribution in [0.5, 0.6) is 0 Å². The van der Waals surface area contributed by atoms with E-state index in [4.69, 9.17) is 5.73 Å². The molecular weight excluding hydrogens is 129 g/mol. The molecule has 0 unspecified atom stereocenters. The van der Waals surface area contributed by atoms with E-state index in [0.717, 1.165) is 6.08 Å². The average molecular weight is 135 g/mol. The van der Waals surface area contributed by atoms with Gasteiger partial charge in [-0.2, -0.15) is 0 Å². The maximum Gasteiger partial charge on any atom is 1.00 e. The Labute approximate surface area is 75.5 Å². The molecule has 44 valence electrons. The van der Waals surface area contributed by atoms with Crippen LogP contribution in [0.1, 0.15) is 0 Å². The van der Waals surface area contributed by atoms with Crippen molar-refractivity contribution >= 4 is 5.97 Å². The van der Waals surface area contributed by atoms with E-state index >= 15 is 0 Å². The van der Waals surface area contributed by atoms with Crippen molar-refractivity contribution in [2.45, 2.75) is 0 Å². The fraction of sp³-hybridized carbons (Fsp3) is 0. The number of carboxylic acids is 1. The molecule has 3 nitrogen and oxygen atoms in total. The smallest absolute Gasteiger partial charge is 0.543 e. The van der Waals surface area contributed by atoms with E-state index in [0.29, 0.717) is 0 Å². The maximum atomic E-state index is 9.74. The van der Waals surface area contributed by atoms with Gasteiger partial charge in [0.15, 0.2) is 0 Å². The number of rotatable bonds is 2. The molecule has 2 N–H and O–H groups in total.